The molecule has 0 saturated carbocycles. The van der Waals surface area contributed by atoms with Gasteiger partial charge < -0.3 is 29.3 Å². The Morgan fingerprint density at radius 2 is 2.00 bits per heavy atom. The number of cyclic esters (lactones) is 1. The van der Waals surface area contributed by atoms with Gasteiger partial charge in [-0.05, 0) is 48.6 Å². The van der Waals surface area contributed by atoms with Gasteiger partial charge in [0.05, 0.1) is 41.5 Å². The number of amides is 1. The van der Waals surface area contributed by atoms with E-state index in [1.54, 1.807) is 28.8 Å². The van der Waals surface area contributed by atoms with Crippen molar-refractivity contribution in [1.29, 1.82) is 0 Å². The predicted molar refractivity (Wildman–Crippen MR) is 147 cm³/mol. The largest absolute Gasteiger partial charge is 0.508 e. The molecule has 1 aromatic carbocycles. The van der Waals surface area contributed by atoms with Crippen LogP contribution in [0, 0.1) is 5.92 Å². The molecule has 1 amide bonds. The van der Waals surface area contributed by atoms with Crippen molar-refractivity contribution in [2.45, 2.75) is 71.8 Å². The van der Waals surface area contributed by atoms with Crippen LogP contribution in [0.1, 0.15) is 68.4 Å². The summed E-state index contributed by atoms with van der Waals surface area (Å²) in [7, 11) is 0. The maximum Gasteiger partial charge on any atom is 0.352 e. The molecule has 0 fully saturated rings. The second-order valence-corrected chi connectivity index (χ2v) is 10.7. The number of aryl methyl sites for hydroxylation is 1. The molecule has 214 valence electrons. The molecule has 41 heavy (non-hydrogen) atoms. The zero-order chi connectivity index (χ0) is 29.4. The maximum absolute atomic E-state index is 13.6. The predicted octanol–water partition coefficient (Wildman–Crippen LogP) is 2.84. The quantitative estimate of drug-likeness (QED) is 0.232. The van der Waals surface area contributed by atoms with E-state index in [0.717, 1.165) is 16.5 Å². The van der Waals surface area contributed by atoms with Crippen molar-refractivity contribution >= 4 is 35.0 Å². The third kappa shape index (κ3) is 5.31. The summed E-state index contributed by atoms with van der Waals surface area (Å²) in [6.07, 6.45) is -0.254. The van der Waals surface area contributed by atoms with Gasteiger partial charge >= 0.3 is 11.9 Å². The second kappa shape index (κ2) is 11.1. The van der Waals surface area contributed by atoms with Crippen LogP contribution in [0.3, 0.4) is 0 Å². The molecule has 4 heterocycles. The summed E-state index contributed by atoms with van der Waals surface area (Å²) < 4.78 is 12.2. The van der Waals surface area contributed by atoms with Gasteiger partial charge in [0.1, 0.15) is 18.6 Å². The Balaban J connectivity index is 1.41. The van der Waals surface area contributed by atoms with Gasteiger partial charge in [-0.1, -0.05) is 20.8 Å². The Kier molecular flexibility index (Phi) is 7.61. The first kappa shape index (κ1) is 28.0. The summed E-state index contributed by atoms with van der Waals surface area (Å²) in [6.45, 7) is 5.85. The van der Waals surface area contributed by atoms with Crippen LogP contribution >= 0.6 is 0 Å². The van der Waals surface area contributed by atoms with Crippen molar-refractivity contribution in [2.24, 2.45) is 5.92 Å². The molecule has 11 nitrogen and oxygen atoms in total. The van der Waals surface area contributed by atoms with Gasteiger partial charge in [0.2, 0.25) is 12.0 Å². The number of fused-ring (bicyclic) bond motifs is 5. The van der Waals surface area contributed by atoms with Crippen molar-refractivity contribution in [1.82, 2.24) is 14.9 Å². The zero-order valence-electron chi connectivity index (χ0n) is 23.1. The number of benzene rings is 1. The van der Waals surface area contributed by atoms with Gasteiger partial charge in [-0.15, -0.1) is 0 Å². The molecule has 2 N–H and O–H groups in total. The highest BCUT2D eigenvalue weighted by Crippen LogP contribution is 2.39. The highest BCUT2D eigenvalue weighted by molar-refractivity contribution is 5.90. The van der Waals surface area contributed by atoms with Crippen molar-refractivity contribution in [3.8, 4) is 17.1 Å². The number of rotatable bonds is 9. The summed E-state index contributed by atoms with van der Waals surface area (Å²) in [5, 5.41) is 13.4. The minimum atomic E-state index is -1.47. The van der Waals surface area contributed by atoms with E-state index >= 15 is 0 Å². The Morgan fingerprint density at radius 3 is 2.71 bits per heavy atom. The van der Waals surface area contributed by atoms with Gasteiger partial charge in [0.15, 0.2) is 0 Å². The molecule has 0 bridgehead atoms. The molecule has 2 aliphatic heterocycles. The number of aromatic nitrogens is 2. The number of nitrogens with one attached hydrogen (secondary N) is 1. The van der Waals surface area contributed by atoms with E-state index in [9.17, 15) is 29.1 Å². The number of carbonyl (C=O) groups excluding carboxylic acids is 4. The third-order valence-electron chi connectivity index (χ3n) is 7.43. The number of nitrogens with zero attached hydrogens (tertiary/aromatic N) is 2. The van der Waals surface area contributed by atoms with E-state index in [0.29, 0.717) is 36.0 Å². The number of carbonyl (C=O) groups is 4. The number of hydrogen-bond donors (Lipinski definition) is 2. The topological polar surface area (TPSA) is 154 Å². The lowest BCUT2D eigenvalue weighted by Gasteiger charge is -2.25. The molecule has 3 aromatic rings. The molecular weight excluding hydrogens is 530 g/mol. The molecule has 11 heteroatoms. The standard InChI is InChI=1S/C30H31N3O8/c1-4-18-19-10-17(35)5-6-23(19)32-27-21(18)12-33-24(27)11-20-22(29(33)38)14-40-30(39)28(20)41-26(37)8-7-25(36)31-16(13-34)9-15(2)3/h5-6,10-11,13,15-16,28,35H,4,7-9,12,14H2,1-3H3,(H,31,36). The van der Waals surface area contributed by atoms with Crippen LogP contribution in [-0.4, -0.2) is 44.8 Å². The Hall–Kier alpha value is -4.54. The molecule has 0 spiro atoms. The van der Waals surface area contributed by atoms with Crippen LogP contribution in [0.4, 0.5) is 0 Å². The molecule has 0 aliphatic carbocycles. The van der Waals surface area contributed by atoms with E-state index in [-0.39, 0.29) is 54.3 Å². The Bertz CT molecular complexity index is 1640. The summed E-state index contributed by atoms with van der Waals surface area (Å²) in [6, 6.07) is 5.91. The van der Waals surface area contributed by atoms with Crippen LogP contribution in [0.5, 0.6) is 5.75 Å². The van der Waals surface area contributed by atoms with Crippen LogP contribution < -0.4 is 10.9 Å². The van der Waals surface area contributed by atoms with Crippen molar-refractivity contribution in [2.75, 3.05) is 0 Å². The number of phenols is 1. The van der Waals surface area contributed by atoms with Crippen LogP contribution in [0.25, 0.3) is 22.3 Å². The molecule has 0 saturated heterocycles. The highest BCUT2D eigenvalue weighted by Gasteiger charge is 2.38. The molecule has 2 unspecified atom stereocenters. The lowest BCUT2D eigenvalue weighted by molar-refractivity contribution is -0.171. The smallest absolute Gasteiger partial charge is 0.352 e. The number of phenolic OH excluding ortho intramolecular Hbond substituents is 1. The van der Waals surface area contributed by atoms with Gasteiger partial charge in [-0.25, -0.2) is 9.78 Å². The van der Waals surface area contributed by atoms with Crippen LogP contribution in [0.15, 0.2) is 29.1 Å². The van der Waals surface area contributed by atoms with Crippen molar-refractivity contribution < 1.29 is 33.8 Å². The summed E-state index contributed by atoms with van der Waals surface area (Å²) in [4.78, 5) is 67.2. The third-order valence-corrected chi connectivity index (χ3v) is 7.43. The average Bonchev–Trinajstić information content (AvgIpc) is 3.30. The first-order chi connectivity index (χ1) is 19.6. The van der Waals surface area contributed by atoms with Crippen LogP contribution in [-0.2, 0) is 48.2 Å². The maximum atomic E-state index is 13.6. The number of hydrogen-bond acceptors (Lipinski definition) is 9. The fraction of sp³-hybridized carbons (Fsp3) is 0.400. The van der Waals surface area contributed by atoms with Gasteiger partial charge in [0.25, 0.3) is 5.56 Å². The molecule has 2 atom stereocenters. The number of esters is 2. The zero-order valence-corrected chi connectivity index (χ0v) is 23.1. The Morgan fingerprint density at radius 1 is 1.22 bits per heavy atom. The van der Waals surface area contributed by atoms with E-state index in [4.69, 9.17) is 14.5 Å². The number of aldehydes is 1. The number of aromatic hydroxyl groups is 1. The fourth-order valence-electron chi connectivity index (χ4n) is 5.54. The lowest BCUT2D eigenvalue weighted by atomic mass is 9.97. The highest BCUT2D eigenvalue weighted by atomic mass is 16.6. The normalized spacial score (nSPS) is 16.0. The van der Waals surface area contributed by atoms with E-state index in [1.165, 1.54) is 0 Å². The van der Waals surface area contributed by atoms with E-state index in [2.05, 4.69) is 5.32 Å². The second-order valence-electron chi connectivity index (χ2n) is 10.7. The van der Waals surface area contributed by atoms with E-state index in [1.807, 2.05) is 20.8 Å². The Labute approximate surface area is 235 Å². The lowest BCUT2D eigenvalue weighted by Crippen LogP contribution is -2.37. The van der Waals surface area contributed by atoms with E-state index < -0.39 is 30.0 Å². The summed E-state index contributed by atoms with van der Waals surface area (Å²) in [5.41, 5.74) is 3.61. The average molecular weight is 562 g/mol. The van der Waals surface area contributed by atoms with Crippen LogP contribution in [0.2, 0.25) is 0 Å². The monoisotopic (exact) mass is 561 g/mol. The van der Waals surface area contributed by atoms with Gasteiger partial charge in [0, 0.05) is 22.9 Å². The number of pyridine rings is 2. The van der Waals surface area contributed by atoms with Crippen molar-refractivity contribution in [3.63, 3.8) is 0 Å². The molecule has 2 aromatic heterocycles. The SMILES string of the molecule is CCc1c2c(nc3ccc(O)cc13)-c1cc3c(c(=O)n1C2)COC(=O)C3OC(=O)CCC(=O)NC(C=O)CC(C)C. The molecular formula is C30H31N3O8. The van der Waals surface area contributed by atoms with Crippen molar-refractivity contribution in [3.05, 3.63) is 56.9 Å². The minimum absolute atomic E-state index is 0.119. The minimum Gasteiger partial charge on any atom is -0.508 e. The molecule has 5 rings (SSSR count). The van der Waals surface area contributed by atoms with Gasteiger partial charge in [-0.3, -0.25) is 14.4 Å². The first-order valence-electron chi connectivity index (χ1n) is 13.6. The summed E-state index contributed by atoms with van der Waals surface area (Å²) in [5.74, 6) is -1.81. The molecule has 2 aliphatic rings. The molecule has 0 radical (unpaired) electrons. The fourth-order valence-corrected chi connectivity index (χ4v) is 5.54. The first-order valence-corrected chi connectivity index (χ1v) is 13.6. The number of ether oxygens (including phenoxy) is 2. The summed E-state index contributed by atoms with van der Waals surface area (Å²) >= 11 is 0. The van der Waals surface area contributed by atoms with Gasteiger partial charge in [-0.2, -0.15) is 0 Å².